The fourth-order valence-electron chi connectivity index (χ4n) is 1.83. The van der Waals surface area contributed by atoms with Crippen molar-refractivity contribution < 1.29 is 4.74 Å². The van der Waals surface area contributed by atoms with Gasteiger partial charge < -0.3 is 10.1 Å². The number of rotatable bonds is 5. The van der Waals surface area contributed by atoms with E-state index >= 15 is 0 Å². The van der Waals surface area contributed by atoms with E-state index < -0.39 is 0 Å². The summed E-state index contributed by atoms with van der Waals surface area (Å²) in [4.78, 5) is 4.65. The molecule has 1 N–H and O–H groups in total. The summed E-state index contributed by atoms with van der Waals surface area (Å²) in [6, 6.07) is 13.5. The van der Waals surface area contributed by atoms with Crippen LogP contribution in [0.3, 0.4) is 0 Å². The number of ether oxygens (including phenoxy) is 1. The van der Waals surface area contributed by atoms with E-state index in [2.05, 4.69) is 10.2 Å². The molecule has 20 heavy (non-hydrogen) atoms. The topological polar surface area (TPSA) is 25.6 Å². The molecule has 0 aliphatic carbocycles. The molecule has 0 aliphatic heterocycles. The van der Waals surface area contributed by atoms with E-state index in [4.69, 9.17) is 11.3 Å². The highest BCUT2D eigenvalue weighted by Crippen LogP contribution is 2.30. The van der Waals surface area contributed by atoms with Crippen LogP contribution in [0.5, 0.6) is 11.5 Å². The van der Waals surface area contributed by atoms with E-state index in [1.165, 1.54) is 4.90 Å². The first-order valence-corrected chi connectivity index (χ1v) is 7.46. The Morgan fingerprint density at radius 1 is 1.20 bits per heavy atom. The molecular formula is C16H16N2OS. The van der Waals surface area contributed by atoms with Crippen molar-refractivity contribution in [1.29, 1.82) is 0 Å². The molecule has 2 aromatic rings. The molecule has 0 amide bonds. The van der Waals surface area contributed by atoms with Crippen molar-refractivity contribution in [3.8, 4) is 11.5 Å². The summed E-state index contributed by atoms with van der Waals surface area (Å²) in [6.45, 7) is 7.74. The fraction of sp³-hybridized carbons (Fsp3) is 0.188. The zero-order valence-corrected chi connectivity index (χ0v) is 12.3. The van der Waals surface area contributed by atoms with Crippen molar-refractivity contribution in [2.24, 2.45) is 0 Å². The molecule has 0 fully saturated rings. The number of nitrogens with zero attached hydrogens (tertiary/aromatic N) is 1. The van der Waals surface area contributed by atoms with Crippen LogP contribution in [-0.4, -0.2) is 13.3 Å². The molecule has 0 aliphatic rings. The Kier molecular flexibility index (Phi) is 5.05. The average Bonchev–Trinajstić information content (AvgIpc) is 2.50. The number of nitrogens with one attached hydrogen (secondary N) is 1. The van der Waals surface area contributed by atoms with Gasteiger partial charge in [-0.1, -0.05) is 6.07 Å². The molecule has 0 aromatic heterocycles. The molecule has 0 radical (unpaired) electrons. The van der Waals surface area contributed by atoms with Crippen LogP contribution < -0.4 is 10.1 Å². The Hall–Kier alpha value is -1.96. The molecule has 0 heterocycles. The molecule has 102 valence electrons. The summed E-state index contributed by atoms with van der Waals surface area (Å²) < 4.78 is 5.91. The Bertz CT molecular complexity index is 617. The Balaban J connectivity index is 2.25. The lowest BCUT2D eigenvalue weighted by molar-refractivity contribution is 0.474. The van der Waals surface area contributed by atoms with Gasteiger partial charge in [-0.05, 0) is 55.3 Å². The first-order valence-electron chi connectivity index (χ1n) is 6.23. The summed E-state index contributed by atoms with van der Waals surface area (Å²) >= 11 is 1.70. The van der Waals surface area contributed by atoms with Crippen LogP contribution in [0.15, 0.2) is 47.4 Å². The van der Waals surface area contributed by atoms with E-state index in [-0.39, 0.29) is 0 Å². The van der Waals surface area contributed by atoms with Gasteiger partial charge in [0.15, 0.2) is 5.69 Å². The molecule has 0 saturated carbocycles. The lowest BCUT2D eigenvalue weighted by Crippen LogP contribution is -2.06. The second-order valence-electron chi connectivity index (χ2n) is 4.21. The molecule has 3 nitrogen and oxygen atoms in total. The summed E-state index contributed by atoms with van der Waals surface area (Å²) in [5, 5.41) is 3.09. The zero-order valence-electron chi connectivity index (χ0n) is 11.5. The highest BCUT2D eigenvalue weighted by atomic mass is 32.2. The number of benzene rings is 2. The highest BCUT2D eigenvalue weighted by Gasteiger charge is 2.06. The van der Waals surface area contributed by atoms with Crippen LogP contribution in [0.2, 0.25) is 0 Å². The van der Waals surface area contributed by atoms with E-state index in [0.717, 1.165) is 17.1 Å². The molecule has 0 unspecified atom stereocenters. The molecular weight excluding hydrogens is 268 g/mol. The molecule has 0 atom stereocenters. The van der Waals surface area contributed by atoms with Crippen molar-refractivity contribution in [3.63, 3.8) is 0 Å². The predicted molar refractivity (Wildman–Crippen MR) is 83.8 cm³/mol. The first kappa shape index (κ1) is 14.4. The summed E-state index contributed by atoms with van der Waals surface area (Å²) in [5.74, 6) is 1.58. The molecule has 2 aromatic carbocycles. The fourth-order valence-corrected chi connectivity index (χ4v) is 2.24. The maximum Gasteiger partial charge on any atom is 0.187 e. The van der Waals surface area contributed by atoms with Crippen molar-refractivity contribution in [1.82, 2.24) is 5.32 Å². The van der Waals surface area contributed by atoms with Gasteiger partial charge >= 0.3 is 0 Å². The molecule has 2 rings (SSSR count). The summed E-state index contributed by atoms with van der Waals surface area (Å²) in [5.41, 5.74) is 1.61. The van der Waals surface area contributed by atoms with Gasteiger partial charge in [-0.25, -0.2) is 4.85 Å². The van der Waals surface area contributed by atoms with Gasteiger partial charge in [-0.3, -0.25) is 0 Å². The monoisotopic (exact) mass is 284 g/mol. The third-order valence-corrected chi connectivity index (χ3v) is 3.57. The van der Waals surface area contributed by atoms with Crippen LogP contribution in [0, 0.1) is 6.57 Å². The van der Waals surface area contributed by atoms with Crippen LogP contribution in [0.4, 0.5) is 5.69 Å². The largest absolute Gasteiger partial charge is 0.457 e. The number of thioether (sulfide) groups is 1. The highest BCUT2D eigenvalue weighted by molar-refractivity contribution is 7.98. The quantitative estimate of drug-likeness (QED) is 0.648. The summed E-state index contributed by atoms with van der Waals surface area (Å²) in [6.07, 6.45) is 2.05. The minimum absolute atomic E-state index is 0.625. The van der Waals surface area contributed by atoms with Gasteiger partial charge in [-0.2, -0.15) is 0 Å². The minimum Gasteiger partial charge on any atom is -0.457 e. The first-order chi connectivity index (χ1) is 9.76. The van der Waals surface area contributed by atoms with Gasteiger partial charge in [0.2, 0.25) is 0 Å². The van der Waals surface area contributed by atoms with Gasteiger partial charge in [0, 0.05) is 11.4 Å². The minimum atomic E-state index is 0.625. The third-order valence-electron chi connectivity index (χ3n) is 2.83. The van der Waals surface area contributed by atoms with E-state index in [1.807, 2.05) is 49.7 Å². The van der Waals surface area contributed by atoms with Crippen LogP contribution >= 0.6 is 11.8 Å². The SMILES string of the molecule is [C-]#[N+]c1ccc(Oc2ccc(SC)cc2)c(CNC)c1. The van der Waals surface area contributed by atoms with Gasteiger partial charge in [0.1, 0.15) is 11.5 Å². The second-order valence-corrected chi connectivity index (χ2v) is 5.09. The maximum absolute atomic E-state index is 7.07. The number of hydrogen-bond acceptors (Lipinski definition) is 3. The molecule has 4 heteroatoms. The zero-order chi connectivity index (χ0) is 14.4. The lowest BCUT2D eigenvalue weighted by atomic mass is 10.1. The third kappa shape index (κ3) is 3.53. The Morgan fingerprint density at radius 2 is 1.95 bits per heavy atom. The Labute approximate surface area is 123 Å². The molecule has 0 spiro atoms. The maximum atomic E-state index is 7.07. The van der Waals surface area contributed by atoms with Gasteiger partial charge in [0.05, 0.1) is 6.57 Å². The Morgan fingerprint density at radius 3 is 2.55 bits per heavy atom. The number of hydrogen-bond donors (Lipinski definition) is 1. The van der Waals surface area contributed by atoms with Gasteiger partial charge in [0.25, 0.3) is 0 Å². The van der Waals surface area contributed by atoms with Crippen molar-refractivity contribution >= 4 is 17.4 Å². The second kappa shape index (κ2) is 6.99. The van der Waals surface area contributed by atoms with E-state index in [0.29, 0.717) is 12.2 Å². The van der Waals surface area contributed by atoms with Crippen molar-refractivity contribution in [2.45, 2.75) is 11.4 Å². The van der Waals surface area contributed by atoms with Crippen molar-refractivity contribution in [2.75, 3.05) is 13.3 Å². The lowest BCUT2D eigenvalue weighted by Gasteiger charge is -2.12. The summed E-state index contributed by atoms with van der Waals surface area (Å²) in [7, 11) is 1.88. The van der Waals surface area contributed by atoms with E-state index in [9.17, 15) is 0 Å². The van der Waals surface area contributed by atoms with Crippen LogP contribution in [0.1, 0.15) is 5.56 Å². The average molecular weight is 284 g/mol. The normalized spacial score (nSPS) is 10.1. The van der Waals surface area contributed by atoms with E-state index in [1.54, 1.807) is 17.8 Å². The van der Waals surface area contributed by atoms with Gasteiger partial charge in [-0.15, -0.1) is 11.8 Å². The van der Waals surface area contributed by atoms with Crippen molar-refractivity contribution in [3.05, 3.63) is 59.4 Å². The standard InChI is InChI=1S/C16H16N2OS/c1-17-11-12-10-13(18-2)4-9-16(12)19-14-5-7-15(20-3)8-6-14/h4-10,17H,11H2,1,3H3. The smallest absolute Gasteiger partial charge is 0.187 e. The molecule has 0 saturated heterocycles. The van der Waals surface area contributed by atoms with Crippen LogP contribution in [0.25, 0.3) is 4.85 Å². The van der Waals surface area contributed by atoms with Crippen LogP contribution in [-0.2, 0) is 6.54 Å². The predicted octanol–water partition coefficient (Wildman–Crippen LogP) is 4.47. The molecule has 0 bridgehead atoms.